The normalized spacial score (nSPS) is 21.9. The van der Waals surface area contributed by atoms with Gasteiger partial charge in [-0.1, -0.05) is 30.3 Å². The number of likely N-dealkylation sites (N-methyl/N-ethyl adjacent to an activating group) is 1. The van der Waals surface area contributed by atoms with Crippen molar-refractivity contribution in [1.82, 2.24) is 10.2 Å². The van der Waals surface area contributed by atoms with E-state index in [-0.39, 0.29) is 0 Å². The lowest BCUT2D eigenvalue weighted by molar-refractivity contribution is 0.240. The number of nitrogens with zero attached hydrogens (tertiary/aromatic N) is 2. The molecule has 0 aromatic heterocycles. The van der Waals surface area contributed by atoms with E-state index < -0.39 is 5.54 Å². The zero-order valence-electron chi connectivity index (χ0n) is 11.5. The Kier molecular flexibility index (Phi) is 3.30. The van der Waals surface area contributed by atoms with Gasteiger partial charge in [0, 0.05) is 18.6 Å². The summed E-state index contributed by atoms with van der Waals surface area (Å²) in [5, 5.41) is 13.4. The minimum atomic E-state index is -0.556. The molecule has 0 radical (unpaired) electrons. The molecule has 2 saturated carbocycles. The van der Waals surface area contributed by atoms with Gasteiger partial charge in [-0.2, -0.15) is 5.26 Å². The lowest BCUT2D eigenvalue weighted by Crippen LogP contribution is -2.50. The molecule has 0 amide bonds. The highest BCUT2D eigenvalue weighted by molar-refractivity contribution is 5.33. The van der Waals surface area contributed by atoms with E-state index in [0.29, 0.717) is 12.1 Å². The average molecular weight is 255 g/mol. The number of hydrogen-bond donors (Lipinski definition) is 1. The van der Waals surface area contributed by atoms with Gasteiger partial charge in [-0.05, 0) is 38.3 Å². The molecule has 1 aromatic rings. The van der Waals surface area contributed by atoms with Crippen molar-refractivity contribution in [3.8, 4) is 6.07 Å². The van der Waals surface area contributed by atoms with Crippen LogP contribution in [-0.2, 0) is 5.54 Å². The van der Waals surface area contributed by atoms with E-state index in [1.807, 2.05) is 18.2 Å². The van der Waals surface area contributed by atoms with E-state index in [9.17, 15) is 5.26 Å². The van der Waals surface area contributed by atoms with Gasteiger partial charge in [0.2, 0.25) is 0 Å². The van der Waals surface area contributed by atoms with Gasteiger partial charge in [-0.15, -0.1) is 0 Å². The smallest absolute Gasteiger partial charge is 0.145 e. The Bertz CT molecular complexity index is 471. The third-order valence-electron chi connectivity index (χ3n) is 4.14. The molecule has 1 aromatic carbocycles. The highest BCUT2D eigenvalue weighted by Gasteiger charge is 2.41. The number of nitriles is 1. The number of hydrogen-bond acceptors (Lipinski definition) is 3. The zero-order chi connectivity index (χ0) is 13.3. The summed E-state index contributed by atoms with van der Waals surface area (Å²) in [7, 11) is 2.14. The maximum Gasteiger partial charge on any atom is 0.145 e. The van der Waals surface area contributed by atoms with Gasteiger partial charge >= 0.3 is 0 Å². The number of benzene rings is 1. The Morgan fingerprint density at radius 2 is 1.95 bits per heavy atom. The average Bonchev–Trinajstić information content (AvgIpc) is 3.31. The molecular weight excluding hydrogens is 234 g/mol. The van der Waals surface area contributed by atoms with Crippen molar-refractivity contribution < 1.29 is 0 Å². The second kappa shape index (κ2) is 4.96. The van der Waals surface area contributed by atoms with Crippen molar-refractivity contribution >= 4 is 0 Å². The molecule has 100 valence electrons. The minimum Gasteiger partial charge on any atom is -0.300 e. The van der Waals surface area contributed by atoms with Crippen LogP contribution in [0.3, 0.4) is 0 Å². The van der Waals surface area contributed by atoms with Crippen LogP contribution in [0.1, 0.15) is 31.2 Å². The first kappa shape index (κ1) is 12.7. The fraction of sp³-hybridized carbons (Fsp3) is 0.562. The second-order valence-electron chi connectivity index (χ2n) is 5.95. The molecule has 0 bridgehead atoms. The van der Waals surface area contributed by atoms with Crippen molar-refractivity contribution in [3.05, 3.63) is 35.9 Å². The van der Waals surface area contributed by atoms with Crippen LogP contribution in [0.5, 0.6) is 0 Å². The van der Waals surface area contributed by atoms with Gasteiger partial charge in [0.1, 0.15) is 5.54 Å². The van der Waals surface area contributed by atoms with Crippen molar-refractivity contribution in [3.63, 3.8) is 0 Å². The van der Waals surface area contributed by atoms with Crippen LogP contribution in [0.15, 0.2) is 30.3 Å². The quantitative estimate of drug-likeness (QED) is 0.847. The molecule has 1 N–H and O–H groups in total. The van der Waals surface area contributed by atoms with Crippen molar-refractivity contribution in [1.29, 1.82) is 5.26 Å². The summed E-state index contributed by atoms with van der Waals surface area (Å²) in [6.07, 6.45) is 4.94. The summed E-state index contributed by atoms with van der Waals surface area (Å²) >= 11 is 0. The molecule has 2 fully saturated rings. The molecule has 3 nitrogen and oxygen atoms in total. The first-order valence-electron chi connectivity index (χ1n) is 7.18. The topological polar surface area (TPSA) is 39.1 Å². The molecule has 2 aliphatic carbocycles. The van der Waals surface area contributed by atoms with Gasteiger partial charge in [-0.25, -0.2) is 0 Å². The second-order valence-corrected chi connectivity index (χ2v) is 5.95. The molecule has 1 atom stereocenters. The Morgan fingerprint density at radius 3 is 2.47 bits per heavy atom. The lowest BCUT2D eigenvalue weighted by atomic mass is 9.90. The standard InChI is InChI=1S/C16H21N3/c1-19(15-9-10-15)12-16(11-17,18-14-7-8-14)13-5-3-2-4-6-13/h2-6,14-15,18H,7-10,12H2,1H3. The summed E-state index contributed by atoms with van der Waals surface area (Å²) in [5.41, 5.74) is 0.539. The van der Waals surface area contributed by atoms with Gasteiger partial charge < -0.3 is 4.90 Å². The molecule has 0 heterocycles. The van der Waals surface area contributed by atoms with Crippen LogP contribution in [0.2, 0.25) is 0 Å². The third-order valence-corrected chi connectivity index (χ3v) is 4.14. The minimum absolute atomic E-state index is 0.521. The molecule has 1 unspecified atom stereocenters. The molecule has 0 aliphatic heterocycles. The van der Waals surface area contributed by atoms with Gasteiger partial charge in [-0.3, -0.25) is 5.32 Å². The summed E-state index contributed by atoms with van der Waals surface area (Å²) in [6.45, 7) is 0.773. The van der Waals surface area contributed by atoms with Crippen molar-refractivity contribution in [2.75, 3.05) is 13.6 Å². The maximum atomic E-state index is 9.82. The van der Waals surface area contributed by atoms with E-state index in [1.54, 1.807) is 0 Å². The van der Waals surface area contributed by atoms with Crippen LogP contribution in [-0.4, -0.2) is 30.6 Å². The zero-order valence-corrected chi connectivity index (χ0v) is 11.5. The maximum absolute atomic E-state index is 9.82. The predicted molar refractivity (Wildman–Crippen MR) is 75.5 cm³/mol. The van der Waals surface area contributed by atoms with E-state index in [0.717, 1.165) is 12.1 Å². The van der Waals surface area contributed by atoms with Crippen LogP contribution in [0.4, 0.5) is 0 Å². The van der Waals surface area contributed by atoms with E-state index in [4.69, 9.17) is 0 Å². The van der Waals surface area contributed by atoms with Gasteiger partial charge in [0.15, 0.2) is 0 Å². The molecule has 2 aliphatic rings. The first-order valence-corrected chi connectivity index (χ1v) is 7.18. The van der Waals surface area contributed by atoms with Gasteiger partial charge in [0.25, 0.3) is 0 Å². The summed E-state index contributed by atoms with van der Waals surface area (Å²) in [6, 6.07) is 13.9. The highest BCUT2D eigenvalue weighted by atomic mass is 15.2. The van der Waals surface area contributed by atoms with Crippen LogP contribution >= 0.6 is 0 Å². The Labute approximate surface area is 115 Å². The van der Waals surface area contributed by atoms with Crippen LogP contribution < -0.4 is 5.32 Å². The molecule has 3 heteroatoms. The monoisotopic (exact) mass is 255 g/mol. The van der Waals surface area contributed by atoms with E-state index >= 15 is 0 Å². The van der Waals surface area contributed by atoms with Crippen LogP contribution in [0, 0.1) is 11.3 Å². The fourth-order valence-corrected chi connectivity index (χ4v) is 2.67. The summed E-state index contributed by atoms with van der Waals surface area (Å²) in [5.74, 6) is 0. The highest BCUT2D eigenvalue weighted by Crippen LogP contribution is 2.32. The Hall–Kier alpha value is -1.37. The van der Waals surface area contributed by atoms with Crippen molar-refractivity contribution in [2.45, 2.75) is 43.3 Å². The number of nitrogens with one attached hydrogen (secondary N) is 1. The van der Waals surface area contributed by atoms with Gasteiger partial charge in [0.05, 0.1) is 6.07 Å². The SMILES string of the molecule is CN(CC(C#N)(NC1CC1)c1ccccc1)C1CC1. The molecule has 3 rings (SSSR count). The Morgan fingerprint density at radius 1 is 1.26 bits per heavy atom. The number of rotatable bonds is 6. The summed E-state index contributed by atoms with van der Waals surface area (Å²) in [4.78, 5) is 2.34. The lowest BCUT2D eigenvalue weighted by Gasteiger charge is -2.33. The van der Waals surface area contributed by atoms with Crippen LogP contribution in [0.25, 0.3) is 0 Å². The van der Waals surface area contributed by atoms with Crippen molar-refractivity contribution in [2.24, 2.45) is 0 Å². The predicted octanol–water partition coefficient (Wildman–Crippen LogP) is 2.25. The fourth-order valence-electron chi connectivity index (χ4n) is 2.67. The van der Waals surface area contributed by atoms with E-state index in [2.05, 4.69) is 35.5 Å². The molecule has 19 heavy (non-hydrogen) atoms. The molecule has 0 saturated heterocycles. The molecule has 0 spiro atoms. The largest absolute Gasteiger partial charge is 0.300 e. The molecular formula is C16H21N3. The third kappa shape index (κ3) is 2.80. The Balaban J connectivity index is 1.86. The summed E-state index contributed by atoms with van der Waals surface area (Å²) < 4.78 is 0. The first-order chi connectivity index (χ1) is 9.23. The van der Waals surface area contributed by atoms with E-state index in [1.165, 1.54) is 25.7 Å².